The third-order valence-corrected chi connectivity index (χ3v) is 5.00. The molecular weight excluding hydrogens is 406 g/mol. The van der Waals surface area contributed by atoms with Crippen LogP contribution in [-0.2, 0) is 9.47 Å². The van der Waals surface area contributed by atoms with E-state index in [1.807, 2.05) is 0 Å². The summed E-state index contributed by atoms with van der Waals surface area (Å²) in [6.45, 7) is 0. The van der Waals surface area contributed by atoms with Crippen molar-refractivity contribution in [3.05, 3.63) is 0 Å². The normalized spacial score (nSPS) is 43.3. The van der Waals surface area contributed by atoms with Crippen LogP contribution in [0.4, 0.5) is 0 Å². The smallest absolute Gasteiger partial charge is 0.0841 e. The molecule has 14 heavy (non-hydrogen) atoms. The summed E-state index contributed by atoms with van der Waals surface area (Å²) in [5, 5.41) is 0. The van der Waals surface area contributed by atoms with E-state index in [4.69, 9.17) is 9.47 Å². The van der Waals surface area contributed by atoms with Gasteiger partial charge >= 0.3 is 0 Å². The van der Waals surface area contributed by atoms with Gasteiger partial charge in [-0.2, -0.15) is 0 Å². The van der Waals surface area contributed by atoms with Crippen LogP contribution in [0, 0.1) is 0 Å². The lowest BCUT2D eigenvalue weighted by molar-refractivity contribution is -0.0545. The SMILES string of the molecule is ICC1CCC(C2CCC(CI)O2)O1. The zero-order chi connectivity index (χ0) is 9.97. The van der Waals surface area contributed by atoms with Crippen molar-refractivity contribution in [1.82, 2.24) is 0 Å². The number of rotatable bonds is 3. The first-order chi connectivity index (χ1) is 6.83. The van der Waals surface area contributed by atoms with Crippen LogP contribution in [-0.4, -0.2) is 33.3 Å². The highest BCUT2D eigenvalue weighted by atomic mass is 127. The molecule has 2 aliphatic rings. The van der Waals surface area contributed by atoms with Crippen LogP contribution in [0.3, 0.4) is 0 Å². The molecule has 2 nitrogen and oxygen atoms in total. The molecule has 4 unspecified atom stereocenters. The summed E-state index contributed by atoms with van der Waals surface area (Å²) in [4.78, 5) is 0. The van der Waals surface area contributed by atoms with Gasteiger partial charge in [0.25, 0.3) is 0 Å². The van der Waals surface area contributed by atoms with E-state index in [-0.39, 0.29) is 0 Å². The second-order valence-electron chi connectivity index (χ2n) is 4.06. The highest BCUT2D eigenvalue weighted by Gasteiger charge is 2.36. The second-order valence-corrected chi connectivity index (χ2v) is 5.82. The van der Waals surface area contributed by atoms with Crippen molar-refractivity contribution in [3.63, 3.8) is 0 Å². The zero-order valence-electron chi connectivity index (χ0n) is 8.12. The third kappa shape index (κ3) is 2.74. The van der Waals surface area contributed by atoms with E-state index in [1.54, 1.807) is 0 Å². The molecule has 2 aliphatic heterocycles. The molecule has 82 valence electrons. The lowest BCUT2D eigenvalue weighted by Crippen LogP contribution is -2.27. The quantitative estimate of drug-likeness (QED) is 0.515. The van der Waals surface area contributed by atoms with Gasteiger partial charge in [0.1, 0.15) is 0 Å². The molecule has 4 atom stereocenters. The molecule has 0 N–H and O–H groups in total. The number of halogens is 2. The summed E-state index contributed by atoms with van der Waals surface area (Å²) >= 11 is 4.81. The summed E-state index contributed by atoms with van der Waals surface area (Å²) < 4.78 is 14.1. The van der Waals surface area contributed by atoms with E-state index in [1.165, 1.54) is 25.7 Å². The first-order valence-corrected chi connectivity index (χ1v) is 8.31. The van der Waals surface area contributed by atoms with Gasteiger partial charge in [-0.1, -0.05) is 45.2 Å². The fourth-order valence-electron chi connectivity index (χ4n) is 2.24. The Balaban J connectivity index is 1.80. The Bertz CT molecular complexity index is 169. The molecule has 4 heteroatoms. The van der Waals surface area contributed by atoms with Crippen molar-refractivity contribution in [1.29, 1.82) is 0 Å². The maximum Gasteiger partial charge on any atom is 0.0841 e. The molecule has 0 radical (unpaired) electrons. The van der Waals surface area contributed by atoms with Crippen molar-refractivity contribution in [2.24, 2.45) is 0 Å². The van der Waals surface area contributed by atoms with Gasteiger partial charge in [-0.25, -0.2) is 0 Å². The maximum atomic E-state index is 5.95. The van der Waals surface area contributed by atoms with E-state index in [9.17, 15) is 0 Å². The van der Waals surface area contributed by atoms with Crippen LogP contribution in [0.2, 0.25) is 0 Å². The largest absolute Gasteiger partial charge is 0.371 e. The van der Waals surface area contributed by atoms with E-state index in [0.717, 1.165) is 8.86 Å². The molecule has 0 aromatic rings. The predicted octanol–water partition coefficient (Wildman–Crippen LogP) is 2.95. The van der Waals surface area contributed by atoms with Gasteiger partial charge in [0.15, 0.2) is 0 Å². The Hall–Kier alpha value is 1.38. The lowest BCUT2D eigenvalue weighted by atomic mass is 10.1. The van der Waals surface area contributed by atoms with E-state index in [0.29, 0.717) is 24.4 Å². The molecule has 0 saturated carbocycles. The van der Waals surface area contributed by atoms with Crippen molar-refractivity contribution < 1.29 is 9.47 Å². The predicted molar refractivity (Wildman–Crippen MR) is 73.6 cm³/mol. The van der Waals surface area contributed by atoms with E-state index < -0.39 is 0 Å². The Kier molecular flexibility index (Phi) is 4.77. The molecule has 2 heterocycles. The monoisotopic (exact) mass is 422 g/mol. The first-order valence-electron chi connectivity index (χ1n) is 5.26. The van der Waals surface area contributed by atoms with E-state index >= 15 is 0 Å². The molecule has 2 rings (SSSR count). The minimum atomic E-state index is 0.391. The van der Waals surface area contributed by atoms with Gasteiger partial charge in [-0.05, 0) is 25.7 Å². The molecule has 2 fully saturated rings. The Morgan fingerprint density at radius 2 is 1.21 bits per heavy atom. The number of alkyl halides is 2. The molecule has 2 saturated heterocycles. The van der Waals surface area contributed by atoms with Crippen LogP contribution in [0.15, 0.2) is 0 Å². The average molecular weight is 422 g/mol. The van der Waals surface area contributed by atoms with Crippen LogP contribution in [0.25, 0.3) is 0 Å². The first kappa shape index (κ1) is 11.9. The summed E-state index contributed by atoms with van der Waals surface area (Å²) in [6.07, 6.45) is 6.61. The molecular formula is C10H16I2O2. The van der Waals surface area contributed by atoms with Gasteiger partial charge in [0.05, 0.1) is 24.4 Å². The summed E-state index contributed by atoms with van der Waals surface area (Å²) in [7, 11) is 0. The van der Waals surface area contributed by atoms with Gasteiger partial charge in [-0.3, -0.25) is 0 Å². The van der Waals surface area contributed by atoms with Crippen LogP contribution in [0.1, 0.15) is 25.7 Å². The molecule has 0 bridgehead atoms. The van der Waals surface area contributed by atoms with Crippen LogP contribution >= 0.6 is 45.2 Å². The number of hydrogen-bond acceptors (Lipinski definition) is 2. The van der Waals surface area contributed by atoms with Crippen molar-refractivity contribution >= 4 is 45.2 Å². The third-order valence-electron chi connectivity index (χ3n) is 3.04. The summed E-state index contributed by atoms with van der Waals surface area (Å²) in [6, 6.07) is 0. The highest BCUT2D eigenvalue weighted by Crippen LogP contribution is 2.32. The summed E-state index contributed by atoms with van der Waals surface area (Å²) in [5.41, 5.74) is 0. The minimum absolute atomic E-state index is 0.391. The molecule has 0 aromatic carbocycles. The topological polar surface area (TPSA) is 18.5 Å². The average Bonchev–Trinajstić information content (AvgIpc) is 2.86. The second kappa shape index (κ2) is 5.63. The fourth-order valence-corrected chi connectivity index (χ4v) is 3.54. The molecule has 0 spiro atoms. The highest BCUT2D eigenvalue weighted by molar-refractivity contribution is 14.1. The minimum Gasteiger partial charge on any atom is -0.371 e. The lowest BCUT2D eigenvalue weighted by Gasteiger charge is -2.19. The van der Waals surface area contributed by atoms with Crippen LogP contribution in [0.5, 0.6) is 0 Å². The van der Waals surface area contributed by atoms with Crippen molar-refractivity contribution in [2.75, 3.05) is 8.86 Å². The van der Waals surface area contributed by atoms with E-state index in [2.05, 4.69) is 45.2 Å². The maximum absolute atomic E-state index is 5.95. The van der Waals surface area contributed by atoms with Gasteiger partial charge in [0, 0.05) is 8.86 Å². The van der Waals surface area contributed by atoms with Crippen molar-refractivity contribution in [3.8, 4) is 0 Å². The van der Waals surface area contributed by atoms with Gasteiger partial charge < -0.3 is 9.47 Å². The molecule has 0 aromatic heterocycles. The standard InChI is InChI=1S/C10H16I2O2/c11-5-7-1-3-9(13-7)10-4-2-8(6-12)14-10/h7-10H,1-6H2. The Labute approximate surface area is 113 Å². The van der Waals surface area contributed by atoms with Crippen LogP contribution < -0.4 is 0 Å². The van der Waals surface area contributed by atoms with Gasteiger partial charge in [0.2, 0.25) is 0 Å². The van der Waals surface area contributed by atoms with Gasteiger partial charge in [-0.15, -0.1) is 0 Å². The van der Waals surface area contributed by atoms with Crippen molar-refractivity contribution in [2.45, 2.75) is 50.1 Å². The summed E-state index contributed by atoms with van der Waals surface area (Å²) in [5.74, 6) is 0. The fraction of sp³-hybridized carbons (Fsp3) is 1.00. The Morgan fingerprint density at radius 1 is 0.786 bits per heavy atom. The zero-order valence-corrected chi connectivity index (χ0v) is 12.4. The molecule has 0 amide bonds. The number of hydrogen-bond donors (Lipinski definition) is 0. The number of ether oxygens (including phenoxy) is 2. The molecule has 0 aliphatic carbocycles. The Morgan fingerprint density at radius 3 is 1.50 bits per heavy atom.